The molecule has 1 unspecified atom stereocenters. The molecule has 0 aliphatic carbocycles. The van der Waals surface area contributed by atoms with Crippen molar-refractivity contribution in [2.45, 2.75) is 31.8 Å². The van der Waals surface area contributed by atoms with E-state index in [0.29, 0.717) is 22.3 Å². The summed E-state index contributed by atoms with van der Waals surface area (Å²) in [7, 11) is 0. The van der Waals surface area contributed by atoms with Gasteiger partial charge in [0.2, 0.25) is 0 Å². The maximum Gasteiger partial charge on any atom is 0.121 e. The van der Waals surface area contributed by atoms with E-state index in [0.717, 1.165) is 32.2 Å². The van der Waals surface area contributed by atoms with Gasteiger partial charge in [0.25, 0.3) is 0 Å². The molecular formula is C15H23Cl2NO3. The largest absolute Gasteiger partial charge is 0.491 e. The Bertz CT molecular complexity index is 405. The molecule has 21 heavy (non-hydrogen) atoms. The van der Waals surface area contributed by atoms with Crippen molar-refractivity contribution in [2.75, 3.05) is 26.3 Å². The van der Waals surface area contributed by atoms with Crippen LogP contribution in [0.4, 0.5) is 0 Å². The number of unbranched alkanes of at least 4 members (excludes halogenated alkanes) is 3. The van der Waals surface area contributed by atoms with Gasteiger partial charge in [0.05, 0.1) is 10.0 Å². The van der Waals surface area contributed by atoms with E-state index >= 15 is 0 Å². The Morgan fingerprint density at radius 3 is 2.57 bits per heavy atom. The van der Waals surface area contributed by atoms with Gasteiger partial charge in [-0.15, -0.1) is 0 Å². The van der Waals surface area contributed by atoms with Crippen LogP contribution in [0.1, 0.15) is 25.7 Å². The number of aliphatic hydroxyl groups is 2. The molecule has 1 aromatic rings. The van der Waals surface area contributed by atoms with Crippen molar-refractivity contribution in [3.63, 3.8) is 0 Å². The Morgan fingerprint density at radius 1 is 1.10 bits per heavy atom. The Balaban J connectivity index is 2.08. The smallest absolute Gasteiger partial charge is 0.121 e. The van der Waals surface area contributed by atoms with E-state index in [9.17, 15) is 5.11 Å². The summed E-state index contributed by atoms with van der Waals surface area (Å²) in [4.78, 5) is 0. The Labute approximate surface area is 136 Å². The first-order chi connectivity index (χ1) is 10.1. The third-order valence-corrected chi connectivity index (χ3v) is 3.71. The second-order valence-corrected chi connectivity index (χ2v) is 5.70. The molecule has 0 fully saturated rings. The Hall–Kier alpha value is -0.520. The standard InChI is InChI=1S/C15H23Cl2NO3/c16-14-6-5-13(9-15(14)17)21-11-12(20)10-18-7-3-1-2-4-8-19/h5-6,9,12,18-20H,1-4,7-8,10-11H2. The lowest BCUT2D eigenvalue weighted by Crippen LogP contribution is -2.32. The van der Waals surface area contributed by atoms with Crippen LogP contribution in [0.15, 0.2) is 18.2 Å². The highest BCUT2D eigenvalue weighted by Gasteiger charge is 2.06. The molecule has 0 aliphatic heterocycles. The summed E-state index contributed by atoms with van der Waals surface area (Å²) in [6.45, 7) is 1.81. The van der Waals surface area contributed by atoms with Crippen LogP contribution in [-0.4, -0.2) is 42.6 Å². The number of rotatable bonds is 11. The van der Waals surface area contributed by atoms with Gasteiger partial charge >= 0.3 is 0 Å². The van der Waals surface area contributed by atoms with Crippen molar-refractivity contribution in [3.8, 4) is 5.75 Å². The first kappa shape index (κ1) is 18.5. The average Bonchev–Trinajstić information content (AvgIpc) is 2.47. The van der Waals surface area contributed by atoms with Crippen molar-refractivity contribution >= 4 is 23.2 Å². The fourth-order valence-corrected chi connectivity index (χ4v) is 2.09. The molecule has 0 aromatic heterocycles. The molecule has 0 saturated heterocycles. The molecule has 4 nitrogen and oxygen atoms in total. The van der Waals surface area contributed by atoms with Crippen molar-refractivity contribution in [2.24, 2.45) is 0 Å². The summed E-state index contributed by atoms with van der Waals surface area (Å²) in [6.07, 6.45) is 3.46. The predicted octanol–water partition coefficient (Wildman–Crippen LogP) is 2.88. The first-order valence-corrected chi connectivity index (χ1v) is 7.96. The molecule has 0 bridgehead atoms. The van der Waals surface area contributed by atoms with E-state index in [2.05, 4.69) is 5.32 Å². The van der Waals surface area contributed by atoms with Crippen molar-refractivity contribution in [3.05, 3.63) is 28.2 Å². The van der Waals surface area contributed by atoms with Crippen LogP contribution in [0.2, 0.25) is 10.0 Å². The van der Waals surface area contributed by atoms with Crippen molar-refractivity contribution in [1.29, 1.82) is 0 Å². The van der Waals surface area contributed by atoms with Crippen LogP contribution < -0.4 is 10.1 Å². The molecule has 0 amide bonds. The quantitative estimate of drug-likeness (QED) is 0.544. The number of hydrogen-bond donors (Lipinski definition) is 3. The highest BCUT2D eigenvalue weighted by molar-refractivity contribution is 6.42. The number of hydrogen-bond acceptors (Lipinski definition) is 4. The highest BCUT2D eigenvalue weighted by atomic mass is 35.5. The molecule has 0 saturated carbocycles. The van der Waals surface area contributed by atoms with Crippen LogP contribution in [0.25, 0.3) is 0 Å². The summed E-state index contributed by atoms with van der Waals surface area (Å²) < 4.78 is 5.45. The lowest BCUT2D eigenvalue weighted by Gasteiger charge is -2.13. The van der Waals surface area contributed by atoms with Gasteiger partial charge in [-0.1, -0.05) is 36.0 Å². The molecule has 1 rings (SSSR count). The third kappa shape index (κ3) is 8.49. The van der Waals surface area contributed by atoms with E-state index in [4.69, 9.17) is 33.0 Å². The van der Waals surface area contributed by atoms with Gasteiger partial charge in [-0.2, -0.15) is 0 Å². The molecule has 0 radical (unpaired) electrons. The van der Waals surface area contributed by atoms with Gasteiger partial charge < -0.3 is 20.3 Å². The lowest BCUT2D eigenvalue weighted by molar-refractivity contribution is 0.106. The van der Waals surface area contributed by atoms with Gasteiger partial charge in [0.15, 0.2) is 0 Å². The van der Waals surface area contributed by atoms with E-state index in [1.54, 1.807) is 18.2 Å². The molecular weight excluding hydrogens is 313 g/mol. The highest BCUT2D eigenvalue weighted by Crippen LogP contribution is 2.26. The maximum atomic E-state index is 9.80. The number of benzene rings is 1. The molecule has 1 atom stereocenters. The molecule has 120 valence electrons. The van der Waals surface area contributed by atoms with Gasteiger partial charge in [0, 0.05) is 19.2 Å². The second kappa shape index (κ2) is 11.1. The molecule has 0 spiro atoms. The van der Waals surface area contributed by atoms with E-state index < -0.39 is 6.10 Å². The SMILES string of the molecule is OCCCCCCNCC(O)COc1ccc(Cl)c(Cl)c1. The third-order valence-electron chi connectivity index (χ3n) is 2.98. The van der Waals surface area contributed by atoms with Gasteiger partial charge in [-0.25, -0.2) is 0 Å². The van der Waals surface area contributed by atoms with E-state index in [1.165, 1.54) is 0 Å². The summed E-state index contributed by atoms with van der Waals surface area (Å²) in [5, 5.41) is 22.5. The van der Waals surface area contributed by atoms with Crippen LogP contribution in [0, 0.1) is 0 Å². The average molecular weight is 336 g/mol. The van der Waals surface area contributed by atoms with Crippen LogP contribution in [-0.2, 0) is 0 Å². The fourth-order valence-electron chi connectivity index (χ4n) is 1.80. The molecule has 6 heteroatoms. The van der Waals surface area contributed by atoms with Gasteiger partial charge in [-0.3, -0.25) is 0 Å². The molecule has 0 heterocycles. The minimum atomic E-state index is -0.572. The van der Waals surface area contributed by atoms with E-state index in [-0.39, 0.29) is 13.2 Å². The maximum absolute atomic E-state index is 9.80. The van der Waals surface area contributed by atoms with Crippen LogP contribution in [0.5, 0.6) is 5.75 Å². The number of halogens is 2. The number of nitrogens with one attached hydrogen (secondary N) is 1. The zero-order valence-corrected chi connectivity index (χ0v) is 13.5. The van der Waals surface area contributed by atoms with Crippen molar-refractivity contribution < 1.29 is 14.9 Å². The monoisotopic (exact) mass is 335 g/mol. The minimum Gasteiger partial charge on any atom is -0.491 e. The van der Waals surface area contributed by atoms with Crippen LogP contribution in [0.3, 0.4) is 0 Å². The number of aliphatic hydroxyl groups excluding tert-OH is 2. The molecule has 0 aliphatic rings. The zero-order valence-electron chi connectivity index (χ0n) is 12.0. The number of ether oxygens (including phenoxy) is 1. The Morgan fingerprint density at radius 2 is 1.86 bits per heavy atom. The Kier molecular flexibility index (Phi) is 9.79. The lowest BCUT2D eigenvalue weighted by atomic mass is 10.2. The summed E-state index contributed by atoms with van der Waals surface area (Å²) in [6, 6.07) is 5.01. The topological polar surface area (TPSA) is 61.7 Å². The van der Waals surface area contributed by atoms with Gasteiger partial charge in [0.1, 0.15) is 18.5 Å². The summed E-state index contributed by atoms with van der Waals surface area (Å²) in [5.74, 6) is 0.590. The fraction of sp³-hybridized carbons (Fsp3) is 0.600. The zero-order chi connectivity index (χ0) is 15.5. The molecule has 1 aromatic carbocycles. The summed E-state index contributed by atoms with van der Waals surface area (Å²) >= 11 is 11.7. The minimum absolute atomic E-state index is 0.204. The van der Waals surface area contributed by atoms with E-state index in [1.807, 2.05) is 0 Å². The van der Waals surface area contributed by atoms with Crippen molar-refractivity contribution in [1.82, 2.24) is 5.32 Å². The normalized spacial score (nSPS) is 12.4. The summed E-state index contributed by atoms with van der Waals surface area (Å²) in [5.41, 5.74) is 0. The predicted molar refractivity (Wildman–Crippen MR) is 86.4 cm³/mol. The molecule has 3 N–H and O–H groups in total. The van der Waals surface area contributed by atoms with Crippen LogP contribution >= 0.6 is 23.2 Å². The van der Waals surface area contributed by atoms with Gasteiger partial charge in [-0.05, 0) is 31.5 Å². The second-order valence-electron chi connectivity index (χ2n) is 4.88. The first-order valence-electron chi connectivity index (χ1n) is 7.21.